The van der Waals surface area contributed by atoms with Gasteiger partial charge in [0, 0.05) is 31.2 Å². The average molecular weight is 332 g/mol. The summed E-state index contributed by atoms with van der Waals surface area (Å²) in [6.07, 6.45) is 3.97. The first-order valence-electron chi connectivity index (χ1n) is 8.81. The number of carbonyl (C=O) groups excluding carboxylic acids is 2. The van der Waals surface area contributed by atoms with E-state index in [2.05, 4.69) is 17.6 Å². The largest absolute Gasteiger partial charge is 0.383 e. The number of aryl methyl sites for hydroxylation is 1. The number of amides is 2. The molecule has 24 heavy (non-hydrogen) atoms. The Bertz CT molecular complexity index is 551. The summed E-state index contributed by atoms with van der Waals surface area (Å²) in [5.74, 6) is 0.183. The lowest BCUT2D eigenvalue weighted by Gasteiger charge is -2.27. The van der Waals surface area contributed by atoms with E-state index < -0.39 is 0 Å². The highest BCUT2D eigenvalue weighted by Crippen LogP contribution is 2.30. The number of nitrogens with one attached hydrogen (secondary N) is 2. The Hall–Kier alpha value is -1.88. The summed E-state index contributed by atoms with van der Waals surface area (Å²) in [5, 5.41) is 5.95. The molecule has 0 spiro atoms. The van der Waals surface area contributed by atoms with Gasteiger partial charge in [-0.05, 0) is 43.7 Å². The van der Waals surface area contributed by atoms with Gasteiger partial charge in [0.2, 0.25) is 11.8 Å². The minimum atomic E-state index is -0.00191. The Kier molecular flexibility index (Phi) is 7.25. The van der Waals surface area contributed by atoms with Crippen molar-refractivity contribution in [3.05, 3.63) is 29.8 Å². The van der Waals surface area contributed by atoms with Gasteiger partial charge < -0.3 is 15.4 Å². The van der Waals surface area contributed by atoms with Gasteiger partial charge in [-0.1, -0.05) is 25.1 Å². The maximum atomic E-state index is 12.5. The first-order chi connectivity index (χ1) is 11.7. The third-order valence-corrected chi connectivity index (χ3v) is 4.73. The molecule has 1 aliphatic carbocycles. The molecule has 0 bridgehead atoms. The Morgan fingerprint density at radius 2 is 1.71 bits per heavy atom. The van der Waals surface area contributed by atoms with E-state index in [1.54, 1.807) is 7.11 Å². The third-order valence-electron chi connectivity index (χ3n) is 4.73. The second-order valence-electron chi connectivity index (χ2n) is 6.33. The van der Waals surface area contributed by atoms with E-state index in [0.717, 1.165) is 43.4 Å². The molecule has 5 nitrogen and oxygen atoms in total. The van der Waals surface area contributed by atoms with Gasteiger partial charge in [0.05, 0.1) is 6.61 Å². The van der Waals surface area contributed by atoms with Crippen molar-refractivity contribution in [2.75, 3.05) is 25.6 Å². The number of rotatable bonds is 7. The molecule has 0 radical (unpaired) electrons. The van der Waals surface area contributed by atoms with Crippen LogP contribution in [0.4, 0.5) is 5.69 Å². The van der Waals surface area contributed by atoms with Gasteiger partial charge in [0.15, 0.2) is 0 Å². The lowest BCUT2D eigenvalue weighted by molar-refractivity contribution is -0.128. The molecule has 0 saturated heterocycles. The van der Waals surface area contributed by atoms with Crippen LogP contribution in [0, 0.1) is 11.8 Å². The van der Waals surface area contributed by atoms with Crippen LogP contribution in [0.2, 0.25) is 0 Å². The minimum Gasteiger partial charge on any atom is -0.383 e. The summed E-state index contributed by atoms with van der Waals surface area (Å²) in [6.45, 7) is 3.16. The van der Waals surface area contributed by atoms with Gasteiger partial charge in [-0.25, -0.2) is 0 Å². The molecule has 2 amide bonds. The summed E-state index contributed by atoms with van der Waals surface area (Å²) in [7, 11) is 1.62. The monoisotopic (exact) mass is 332 g/mol. The number of hydrogen-bond acceptors (Lipinski definition) is 3. The van der Waals surface area contributed by atoms with Crippen molar-refractivity contribution in [3.63, 3.8) is 0 Å². The van der Waals surface area contributed by atoms with E-state index in [0.29, 0.717) is 13.2 Å². The van der Waals surface area contributed by atoms with Gasteiger partial charge in [-0.2, -0.15) is 0 Å². The fourth-order valence-corrected chi connectivity index (χ4v) is 3.22. The maximum absolute atomic E-state index is 12.5. The number of benzene rings is 1. The topological polar surface area (TPSA) is 67.4 Å². The molecule has 5 heteroatoms. The smallest absolute Gasteiger partial charge is 0.227 e. The van der Waals surface area contributed by atoms with E-state index in [1.807, 2.05) is 24.3 Å². The Morgan fingerprint density at radius 3 is 2.33 bits per heavy atom. The van der Waals surface area contributed by atoms with E-state index >= 15 is 0 Å². The lowest BCUT2D eigenvalue weighted by atomic mass is 9.81. The molecule has 1 aromatic carbocycles. The second kappa shape index (κ2) is 9.42. The molecule has 0 heterocycles. The van der Waals surface area contributed by atoms with Crippen molar-refractivity contribution < 1.29 is 14.3 Å². The van der Waals surface area contributed by atoms with Crippen molar-refractivity contribution >= 4 is 17.5 Å². The SMILES string of the molecule is CCc1ccccc1NC(=O)C1CCC(C(=O)NCCOC)CC1. The van der Waals surface area contributed by atoms with E-state index in [1.165, 1.54) is 0 Å². The van der Waals surface area contributed by atoms with Crippen molar-refractivity contribution in [1.82, 2.24) is 5.32 Å². The van der Waals surface area contributed by atoms with E-state index in [4.69, 9.17) is 4.74 Å². The number of hydrogen-bond donors (Lipinski definition) is 2. The highest BCUT2D eigenvalue weighted by molar-refractivity contribution is 5.93. The van der Waals surface area contributed by atoms with Crippen LogP contribution in [-0.4, -0.2) is 32.1 Å². The lowest BCUT2D eigenvalue weighted by Crippen LogP contribution is -2.36. The van der Waals surface area contributed by atoms with Crippen molar-refractivity contribution in [1.29, 1.82) is 0 Å². The third kappa shape index (κ3) is 5.06. The van der Waals surface area contributed by atoms with Crippen LogP contribution in [0.15, 0.2) is 24.3 Å². The Balaban J connectivity index is 1.81. The van der Waals surface area contributed by atoms with Crippen molar-refractivity contribution in [2.45, 2.75) is 39.0 Å². The molecular weight excluding hydrogens is 304 g/mol. The van der Waals surface area contributed by atoms with Crippen LogP contribution < -0.4 is 10.6 Å². The van der Waals surface area contributed by atoms with Gasteiger partial charge in [-0.3, -0.25) is 9.59 Å². The van der Waals surface area contributed by atoms with Crippen LogP contribution in [-0.2, 0) is 20.7 Å². The summed E-state index contributed by atoms with van der Waals surface area (Å²) < 4.78 is 4.94. The number of ether oxygens (including phenoxy) is 1. The number of methoxy groups -OCH3 is 1. The van der Waals surface area contributed by atoms with Gasteiger partial charge >= 0.3 is 0 Å². The maximum Gasteiger partial charge on any atom is 0.227 e. The first-order valence-corrected chi connectivity index (χ1v) is 8.81. The molecule has 1 fully saturated rings. The quantitative estimate of drug-likeness (QED) is 0.755. The Labute approximate surface area is 144 Å². The fraction of sp³-hybridized carbons (Fsp3) is 0.579. The highest BCUT2D eigenvalue weighted by Gasteiger charge is 2.29. The molecule has 1 saturated carbocycles. The zero-order valence-corrected chi connectivity index (χ0v) is 14.6. The molecule has 1 aromatic rings. The van der Waals surface area contributed by atoms with Crippen LogP contribution in [0.1, 0.15) is 38.2 Å². The molecular formula is C19H28N2O3. The molecule has 2 N–H and O–H groups in total. The Morgan fingerprint density at radius 1 is 1.08 bits per heavy atom. The average Bonchev–Trinajstić information content (AvgIpc) is 2.62. The zero-order valence-electron chi connectivity index (χ0n) is 14.6. The first kappa shape index (κ1) is 18.5. The fourth-order valence-electron chi connectivity index (χ4n) is 3.22. The summed E-state index contributed by atoms with van der Waals surface area (Å²) in [6, 6.07) is 7.92. The van der Waals surface area contributed by atoms with E-state index in [-0.39, 0.29) is 23.7 Å². The number of carbonyl (C=O) groups is 2. The molecule has 2 rings (SSSR count). The molecule has 0 unspecified atom stereocenters. The predicted molar refractivity (Wildman–Crippen MR) is 94.8 cm³/mol. The summed E-state index contributed by atoms with van der Waals surface area (Å²) in [4.78, 5) is 24.6. The van der Waals surface area contributed by atoms with E-state index in [9.17, 15) is 9.59 Å². The summed E-state index contributed by atoms with van der Waals surface area (Å²) in [5.41, 5.74) is 2.06. The van der Waals surface area contributed by atoms with Gasteiger partial charge in [0.25, 0.3) is 0 Å². The summed E-state index contributed by atoms with van der Waals surface area (Å²) >= 11 is 0. The predicted octanol–water partition coefficient (Wildman–Crippen LogP) is 2.76. The molecule has 132 valence electrons. The number of para-hydroxylation sites is 1. The number of anilines is 1. The minimum absolute atomic E-state index is 0.00191. The highest BCUT2D eigenvalue weighted by atomic mass is 16.5. The van der Waals surface area contributed by atoms with Crippen LogP contribution in [0.5, 0.6) is 0 Å². The molecule has 0 atom stereocenters. The van der Waals surface area contributed by atoms with Gasteiger partial charge in [0.1, 0.15) is 0 Å². The zero-order chi connectivity index (χ0) is 17.4. The van der Waals surface area contributed by atoms with Gasteiger partial charge in [-0.15, -0.1) is 0 Å². The normalized spacial score (nSPS) is 20.4. The molecule has 0 aliphatic heterocycles. The standard InChI is InChI=1S/C19H28N2O3/c1-3-14-6-4-5-7-17(14)21-19(23)16-10-8-15(9-11-16)18(22)20-12-13-24-2/h4-7,15-16H,3,8-13H2,1-2H3,(H,20,22)(H,21,23). The molecule has 0 aromatic heterocycles. The van der Waals surface area contributed by atoms with Crippen LogP contribution in [0.25, 0.3) is 0 Å². The van der Waals surface area contributed by atoms with Crippen LogP contribution >= 0.6 is 0 Å². The second-order valence-corrected chi connectivity index (χ2v) is 6.33. The van der Waals surface area contributed by atoms with Crippen LogP contribution in [0.3, 0.4) is 0 Å². The molecule has 1 aliphatic rings. The van der Waals surface area contributed by atoms with Crippen molar-refractivity contribution in [2.24, 2.45) is 11.8 Å². The van der Waals surface area contributed by atoms with Crippen molar-refractivity contribution in [3.8, 4) is 0 Å².